The molecule has 1 saturated heterocycles. The van der Waals surface area contributed by atoms with Gasteiger partial charge in [-0.3, -0.25) is 0 Å². The average molecular weight is 128 g/mol. The molecule has 1 unspecified atom stereocenters. The molecule has 0 N–H and O–H groups in total. The minimum atomic E-state index is 0.576. The Morgan fingerprint density at radius 3 is 3.00 bits per heavy atom. The van der Waals surface area contributed by atoms with Crippen LogP contribution in [0.1, 0.15) is 39.0 Å². The van der Waals surface area contributed by atoms with Crippen LogP contribution in [0, 0.1) is 0 Å². The first-order valence-corrected chi connectivity index (χ1v) is 4.05. The van der Waals surface area contributed by atoms with Gasteiger partial charge in [0, 0.05) is 6.61 Å². The third-order valence-electron chi connectivity index (χ3n) is 1.98. The lowest BCUT2D eigenvalue weighted by molar-refractivity contribution is 0.0563. The van der Waals surface area contributed by atoms with Crippen molar-refractivity contribution in [3.8, 4) is 0 Å². The molecule has 1 heterocycles. The maximum atomic E-state index is 5.55. The van der Waals surface area contributed by atoms with E-state index in [4.69, 9.17) is 4.74 Å². The average Bonchev–Trinajstić information content (AvgIpc) is 2.13. The topological polar surface area (TPSA) is 9.23 Å². The van der Waals surface area contributed by atoms with Crippen LogP contribution in [0.4, 0.5) is 0 Å². The van der Waals surface area contributed by atoms with Crippen LogP contribution in [0.5, 0.6) is 0 Å². The Kier molecular flexibility index (Phi) is 3.05. The Labute approximate surface area is 57.4 Å². The Hall–Kier alpha value is -0.0400. The highest BCUT2D eigenvalue weighted by molar-refractivity contribution is 4.59. The van der Waals surface area contributed by atoms with E-state index < -0.39 is 0 Å². The van der Waals surface area contributed by atoms with Gasteiger partial charge in [-0.1, -0.05) is 19.8 Å². The molecular weight excluding hydrogens is 112 g/mol. The predicted molar refractivity (Wildman–Crippen MR) is 38.5 cm³/mol. The minimum Gasteiger partial charge on any atom is -0.378 e. The molecule has 0 aromatic heterocycles. The maximum absolute atomic E-state index is 5.55. The van der Waals surface area contributed by atoms with Crippen molar-refractivity contribution in [1.29, 1.82) is 0 Å². The zero-order chi connectivity index (χ0) is 6.53. The highest BCUT2D eigenvalue weighted by Crippen LogP contribution is 2.14. The summed E-state index contributed by atoms with van der Waals surface area (Å²) in [5.41, 5.74) is 0. The van der Waals surface area contributed by atoms with Crippen molar-refractivity contribution in [2.75, 3.05) is 6.61 Å². The largest absolute Gasteiger partial charge is 0.378 e. The van der Waals surface area contributed by atoms with Crippen LogP contribution in [-0.4, -0.2) is 12.7 Å². The number of hydrogen-bond acceptors (Lipinski definition) is 1. The summed E-state index contributed by atoms with van der Waals surface area (Å²) in [5, 5.41) is 0. The van der Waals surface area contributed by atoms with Gasteiger partial charge in [-0.15, -0.1) is 0 Å². The van der Waals surface area contributed by atoms with Crippen molar-refractivity contribution in [2.24, 2.45) is 0 Å². The zero-order valence-electron chi connectivity index (χ0n) is 6.23. The Bertz CT molecular complexity index is 63.0. The van der Waals surface area contributed by atoms with Crippen molar-refractivity contribution in [1.82, 2.24) is 0 Å². The van der Waals surface area contributed by atoms with E-state index in [9.17, 15) is 0 Å². The SMILES string of the molecule is CCC1CCCCCO1. The highest BCUT2D eigenvalue weighted by Gasteiger charge is 2.08. The Balaban J connectivity index is 2.18. The van der Waals surface area contributed by atoms with E-state index in [0.29, 0.717) is 6.10 Å². The molecule has 1 aliphatic heterocycles. The number of rotatable bonds is 1. The lowest BCUT2D eigenvalue weighted by Gasteiger charge is -2.10. The highest BCUT2D eigenvalue weighted by atomic mass is 16.5. The third-order valence-corrected chi connectivity index (χ3v) is 1.98. The fraction of sp³-hybridized carbons (Fsp3) is 1.00. The first-order valence-electron chi connectivity index (χ1n) is 4.05. The van der Waals surface area contributed by atoms with Crippen LogP contribution >= 0.6 is 0 Å². The zero-order valence-corrected chi connectivity index (χ0v) is 6.23. The molecular formula is C8H16O. The first-order chi connectivity index (χ1) is 4.43. The first kappa shape index (κ1) is 7.07. The van der Waals surface area contributed by atoms with E-state index in [1.807, 2.05) is 0 Å². The second-order valence-electron chi connectivity index (χ2n) is 2.75. The standard InChI is InChI=1S/C8H16O/c1-2-8-6-4-3-5-7-9-8/h8H,2-7H2,1H3. The van der Waals surface area contributed by atoms with Gasteiger partial charge in [0.15, 0.2) is 0 Å². The molecule has 0 aromatic rings. The molecule has 0 aromatic carbocycles. The van der Waals surface area contributed by atoms with Crippen LogP contribution in [0.15, 0.2) is 0 Å². The van der Waals surface area contributed by atoms with Crippen molar-refractivity contribution in [3.05, 3.63) is 0 Å². The third kappa shape index (κ3) is 2.35. The van der Waals surface area contributed by atoms with Gasteiger partial charge in [-0.2, -0.15) is 0 Å². The van der Waals surface area contributed by atoms with Gasteiger partial charge in [0.25, 0.3) is 0 Å². The van der Waals surface area contributed by atoms with Crippen molar-refractivity contribution in [2.45, 2.75) is 45.1 Å². The van der Waals surface area contributed by atoms with Gasteiger partial charge in [-0.05, 0) is 19.3 Å². The van der Waals surface area contributed by atoms with Gasteiger partial charge in [0.1, 0.15) is 0 Å². The molecule has 1 heteroatoms. The van der Waals surface area contributed by atoms with Gasteiger partial charge >= 0.3 is 0 Å². The van der Waals surface area contributed by atoms with Crippen molar-refractivity contribution in [3.63, 3.8) is 0 Å². The van der Waals surface area contributed by atoms with E-state index in [0.717, 1.165) is 6.61 Å². The van der Waals surface area contributed by atoms with Gasteiger partial charge < -0.3 is 4.74 Å². The van der Waals surface area contributed by atoms with Crippen LogP contribution in [0.25, 0.3) is 0 Å². The second-order valence-corrected chi connectivity index (χ2v) is 2.75. The molecule has 54 valence electrons. The summed E-state index contributed by atoms with van der Waals surface area (Å²) in [4.78, 5) is 0. The van der Waals surface area contributed by atoms with Gasteiger partial charge in [0.2, 0.25) is 0 Å². The monoisotopic (exact) mass is 128 g/mol. The van der Waals surface area contributed by atoms with Crippen LogP contribution in [-0.2, 0) is 4.74 Å². The summed E-state index contributed by atoms with van der Waals surface area (Å²) in [6.07, 6.45) is 7.08. The number of ether oxygens (including phenoxy) is 1. The van der Waals surface area contributed by atoms with E-state index >= 15 is 0 Å². The molecule has 1 nitrogen and oxygen atoms in total. The fourth-order valence-corrected chi connectivity index (χ4v) is 1.31. The molecule has 0 saturated carbocycles. The predicted octanol–water partition coefficient (Wildman–Crippen LogP) is 2.36. The molecule has 0 aliphatic carbocycles. The quantitative estimate of drug-likeness (QED) is 0.526. The summed E-state index contributed by atoms with van der Waals surface area (Å²) in [5.74, 6) is 0. The summed E-state index contributed by atoms with van der Waals surface area (Å²) in [7, 11) is 0. The minimum absolute atomic E-state index is 0.576. The van der Waals surface area contributed by atoms with Crippen molar-refractivity contribution < 1.29 is 4.74 Å². The van der Waals surface area contributed by atoms with E-state index in [-0.39, 0.29) is 0 Å². The fourth-order valence-electron chi connectivity index (χ4n) is 1.31. The molecule has 1 fully saturated rings. The Morgan fingerprint density at radius 2 is 2.22 bits per heavy atom. The van der Waals surface area contributed by atoms with Crippen LogP contribution < -0.4 is 0 Å². The van der Waals surface area contributed by atoms with Crippen LogP contribution in [0.2, 0.25) is 0 Å². The normalized spacial score (nSPS) is 29.7. The summed E-state index contributed by atoms with van der Waals surface area (Å²) in [6, 6.07) is 0. The summed E-state index contributed by atoms with van der Waals surface area (Å²) >= 11 is 0. The lowest BCUT2D eigenvalue weighted by Crippen LogP contribution is -2.08. The molecule has 0 amide bonds. The number of hydrogen-bond donors (Lipinski definition) is 0. The van der Waals surface area contributed by atoms with Crippen LogP contribution in [0.3, 0.4) is 0 Å². The lowest BCUT2D eigenvalue weighted by atomic mass is 10.1. The Morgan fingerprint density at radius 1 is 1.33 bits per heavy atom. The maximum Gasteiger partial charge on any atom is 0.0572 e. The second kappa shape index (κ2) is 3.89. The van der Waals surface area contributed by atoms with Gasteiger partial charge in [-0.25, -0.2) is 0 Å². The molecule has 9 heavy (non-hydrogen) atoms. The molecule has 0 spiro atoms. The molecule has 1 rings (SSSR count). The summed E-state index contributed by atoms with van der Waals surface area (Å²) in [6.45, 7) is 3.20. The van der Waals surface area contributed by atoms with E-state index in [1.54, 1.807) is 0 Å². The van der Waals surface area contributed by atoms with Crippen molar-refractivity contribution >= 4 is 0 Å². The molecule has 1 aliphatic rings. The van der Waals surface area contributed by atoms with E-state index in [1.165, 1.54) is 32.1 Å². The molecule has 0 radical (unpaired) electrons. The molecule has 0 bridgehead atoms. The van der Waals surface area contributed by atoms with Gasteiger partial charge in [0.05, 0.1) is 6.10 Å². The summed E-state index contributed by atoms with van der Waals surface area (Å²) < 4.78 is 5.55. The smallest absolute Gasteiger partial charge is 0.0572 e. The molecule has 1 atom stereocenters. The van der Waals surface area contributed by atoms with E-state index in [2.05, 4.69) is 6.92 Å².